The molecule has 0 aliphatic heterocycles. The van der Waals surface area contributed by atoms with Crippen LogP contribution in [0.5, 0.6) is 5.75 Å². The van der Waals surface area contributed by atoms with Gasteiger partial charge in [-0.2, -0.15) is 0 Å². The Morgan fingerprint density at radius 3 is 2.14 bits per heavy atom. The second kappa shape index (κ2) is 9.24. The maximum absolute atomic E-state index is 12.9. The molecule has 2 unspecified atom stereocenters. The topological polar surface area (TPSA) is 50.4 Å². The van der Waals surface area contributed by atoms with Crippen LogP contribution in [-0.4, -0.2) is 5.11 Å². The average molecular weight is 441 g/mol. The standard InChI is InChI=1S/C24H25BrO3/c1-3-17(15-16-11-7-5-8-12-16)23-21(25)22(26)20(24(27)28-23)19(4-2)18-13-9-6-10-14-18/h5-14,17,19,26H,3-4,15H2,1-2H3. The predicted molar refractivity (Wildman–Crippen MR) is 116 cm³/mol. The molecule has 28 heavy (non-hydrogen) atoms. The molecular formula is C24H25BrO3. The van der Waals surface area contributed by atoms with E-state index in [2.05, 4.69) is 35.0 Å². The monoisotopic (exact) mass is 440 g/mol. The van der Waals surface area contributed by atoms with Crippen molar-refractivity contribution in [3.05, 3.63) is 98.0 Å². The molecule has 2 aromatic carbocycles. The Labute approximate surface area is 174 Å². The van der Waals surface area contributed by atoms with Crippen molar-refractivity contribution in [2.45, 2.75) is 44.9 Å². The first-order valence-electron chi connectivity index (χ1n) is 9.70. The zero-order chi connectivity index (χ0) is 20.1. The Bertz CT molecular complexity index is 964. The second-order valence-corrected chi connectivity index (χ2v) is 7.79. The van der Waals surface area contributed by atoms with Gasteiger partial charge >= 0.3 is 5.63 Å². The van der Waals surface area contributed by atoms with Crippen molar-refractivity contribution in [2.75, 3.05) is 0 Å². The van der Waals surface area contributed by atoms with Crippen LogP contribution in [0.2, 0.25) is 0 Å². The molecule has 0 radical (unpaired) electrons. The molecule has 0 spiro atoms. The second-order valence-electron chi connectivity index (χ2n) is 7.00. The fourth-order valence-corrected chi connectivity index (χ4v) is 4.33. The Morgan fingerprint density at radius 2 is 1.57 bits per heavy atom. The van der Waals surface area contributed by atoms with Crippen molar-refractivity contribution >= 4 is 15.9 Å². The number of halogens is 1. The number of hydrogen-bond donors (Lipinski definition) is 1. The summed E-state index contributed by atoms with van der Waals surface area (Å²) in [6.07, 6.45) is 2.23. The third kappa shape index (κ3) is 4.22. The maximum Gasteiger partial charge on any atom is 0.343 e. The summed E-state index contributed by atoms with van der Waals surface area (Å²) in [5.74, 6) is 0.298. The maximum atomic E-state index is 12.9. The highest BCUT2D eigenvalue weighted by molar-refractivity contribution is 9.10. The molecule has 3 nitrogen and oxygen atoms in total. The summed E-state index contributed by atoms with van der Waals surface area (Å²) >= 11 is 3.51. The molecule has 3 aromatic rings. The van der Waals surface area contributed by atoms with Crippen molar-refractivity contribution < 1.29 is 9.52 Å². The lowest BCUT2D eigenvalue weighted by Crippen LogP contribution is -2.17. The zero-order valence-corrected chi connectivity index (χ0v) is 17.8. The Hall–Kier alpha value is -2.33. The summed E-state index contributed by atoms with van der Waals surface area (Å²) in [6, 6.07) is 19.9. The van der Waals surface area contributed by atoms with Crippen molar-refractivity contribution in [3.8, 4) is 5.75 Å². The summed E-state index contributed by atoms with van der Waals surface area (Å²) in [5.41, 5.74) is 2.02. The van der Waals surface area contributed by atoms with E-state index in [1.54, 1.807) is 0 Å². The van der Waals surface area contributed by atoms with Crippen LogP contribution >= 0.6 is 15.9 Å². The molecular weight excluding hydrogens is 416 g/mol. The zero-order valence-electron chi connectivity index (χ0n) is 16.2. The van der Waals surface area contributed by atoms with Crippen molar-refractivity contribution in [2.24, 2.45) is 0 Å². The molecule has 4 heteroatoms. The molecule has 0 bridgehead atoms. The Balaban J connectivity index is 2.03. The van der Waals surface area contributed by atoms with Gasteiger partial charge in [-0.3, -0.25) is 0 Å². The number of aromatic hydroxyl groups is 1. The number of hydrogen-bond acceptors (Lipinski definition) is 3. The third-order valence-corrected chi connectivity index (χ3v) is 6.02. The molecule has 1 N–H and O–H groups in total. The minimum Gasteiger partial charge on any atom is -0.506 e. The van der Waals surface area contributed by atoms with E-state index in [4.69, 9.17) is 4.42 Å². The molecule has 2 atom stereocenters. The van der Waals surface area contributed by atoms with E-state index in [0.717, 1.165) is 18.4 Å². The molecule has 0 saturated heterocycles. The molecule has 1 aromatic heterocycles. The van der Waals surface area contributed by atoms with Gasteiger partial charge in [-0.15, -0.1) is 0 Å². The lowest BCUT2D eigenvalue weighted by atomic mass is 9.88. The van der Waals surface area contributed by atoms with Gasteiger partial charge < -0.3 is 9.52 Å². The highest BCUT2D eigenvalue weighted by Gasteiger charge is 2.27. The first-order chi connectivity index (χ1) is 13.6. The molecule has 0 amide bonds. The molecule has 0 fully saturated rings. The van der Waals surface area contributed by atoms with Gasteiger partial charge in [-0.05, 0) is 46.3 Å². The molecule has 3 rings (SSSR count). The van der Waals surface area contributed by atoms with Crippen LogP contribution in [0.25, 0.3) is 0 Å². The van der Waals surface area contributed by atoms with E-state index in [1.165, 1.54) is 5.56 Å². The first kappa shape index (κ1) is 20.4. The average Bonchev–Trinajstić information content (AvgIpc) is 2.73. The largest absolute Gasteiger partial charge is 0.506 e. The van der Waals surface area contributed by atoms with Gasteiger partial charge in [0.25, 0.3) is 0 Å². The highest BCUT2D eigenvalue weighted by Crippen LogP contribution is 2.40. The van der Waals surface area contributed by atoms with E-state index < -0.39 is 5.63 Å². The third-order valence-electron chi connectivity index (χ3n) is 5.25. The van der Waals surface area contributed by atoms with Gasteiger partial charge in [-0.25, -0.2) is 4.79 Å². The van der Waals surface area contributed by atoms with Crippen LogP contribution in [0.3, 0.4) is 0 Å². The van der Waals surface area contributed by atoms with Crippen LogP contribution in [0, 0.1) is 0 Å². The van der Waals surface area contributed by atoms with Crippen molar-refractivity contribution in [3.63, 3.8) is 0 Å². The van der Waals surface area contributed by atoms with Crippen LogP contribution in [0.4, 0.5) is 0 Å². The minimum atomic E-state index is -0.460. The fraction of sp³-hybridized carbons (Fsp3) is 0.292. The number of benzene rings is 2. The van der Waals surface area contributed by atoms with Gasteiger partial charge in [0.15, 0.2) is 0 Å². The Kier molecular flexibility index (Phi) is 6.74. The van der Waals surface area contributed by atoms with E-state index in [0.29, 0.717) is 22.2 Å². The van der Waals surface area contributed by atoms with Gasteiger partial charge in [-0.1, -0.05) is 74.5 Å². The molecule has 0 aliphatic carbocycles. The first-order valence-corrected chi connectivity index (χ1v) is 10.5. The highest BCUT2D eigenvalue weighted by atomic mass is 79.9. The summed E-state index contributed by atoms with van der Waals surface area (Å²) in [6.45, 7) is 4.06. The van der Waals surface area contributed by atoms with E-state index >= 15 is 0 Å². The molecule has 1 heterocycles. The van der Waals surface area contributed by atoms with Gasteiger partial charge in [0.05, 0.1) is 10.0 Å². The van der Waals surface area contributed by atoms with Gasteiger partial charge in [0, 0.05) is 11.8 Å². The van der Waals surface area contributed by atoms with Crippen LogP contribution in [0.1, 0.15) is 61.0 Å². The number of rotatable bonds is 7. The quantitative estimate of drug-likeness (QED) is 0.463. The summed E-state index contributed by atoms with van der Waals surface area (Å²) in [5, 5.41) is 10.9. The molecule has 0 aliphatic rings. The van der Waals surface area contributed by atoms with E-state index in [-0.39, 0.29) is 17.6 Å². The van der Waals surface area contributed by atoms with Crippen LogP contribution in [0.15, 0.2) is 74.3 Å². The minimum absolute atomic E-state index is 0.00114. The Morgan fingerprint density at radius 1 is 0.964 bits per heavy atom. The summed E-state index contributed by atoms with van der Waals surface area (Å²) in [7, 11) is 0. The van der Waals surface area contributed by atoms with Gasteiger partial charge in [0.1, 0.15) is 11.5 Å². The van der Waals surface area contributed by atoms with Crippen LogP contribution < -0.4 is 5.63 Å². The SMILES string of the molecule is CCC(Cc1ccccc1)c1oc(=O)c(C(CC)c2ccccc2)c(O)c1Br. The van der Waals surface area contributed by atoms with Crippen molar-refractivity contribution in [1.82, 2.24) is 0 Å². The summed E-state index contributed by atoms with van der Waals surface area (Å²) < 4.78 is 6.27. The lowest BCUT2D eigenvalue weighted by Gasteiger charge is -2.20. The van der Waals surface area contributed by atoms with Gasteiger partial charge in [0.2, 0.25) is 0 Å². The van der Waals surface area contributed by atoms with Crippen LogP contribution in [-0.2, 0) is 6.42 Å². The molecule has 146 valence electrons. The van der Waals surface area contributed by atoms with Crippen molar-refractivity contribution in [1.29, 1.82) is 0 Å². The summed E-state index contributed by atoms with van der Waals surface area (Å²) in [4.78, 5) is 12.9. The smallest absolute Gasteiger partial charge is 0.343 e. The molecule has 0 saturated carbocycles. The van der Waals surface area contributed by atoms with E-state index in [9.17, 15) is 9.90 Å². The predicted octanol–water partition coefficient (Wildman–Crippen LogP) is 6.39. The lowest BCUT2D eigenvalue weighted by molar-refractivity contribution is 0.375. The normalized spacial score (nSPS) is 13.2. The van der Waals surface area contributed by atoms with E-state index in [1.807, 2.05) is 55.5 Å². The fourth-order valence-electron chi connectivity index (χ4n) is 3.71.